The van der Waals surface area contributed by atoms with Gasteiger partial charge in [0, 0.05) is 29.7 Å². The molecule has 0 spiro atoms. The minimum Gasteiger partial charge on any atom is -0.211 e. The maximum absolute atomic E-state index is 12.7. The second-order valence-corrected chi connectivity index (χ2v) is 11.2. The number of rotatable bonds is 6. The molecule has 10 heteroatoms. The Morgan fingerprint density at radius 3 is 1.79 bits per heavy atom. The summed E-state index contributed by atoms with van der Waals surface area (Å²) in [7, 11) is -7.19. The Hall–Kier alpha value is -1.16. The highest BCUT2D eigenvalue weighted by molar-refractivity contribution is 7.89. The van der Waals surface area contributed by atoms with Crippen LogP contribution in [-0.4, -0.2) is 40.8 Å². The Bertz CT molecular complexity index is 1020. The zero-order valence-electron chi connectivity index (χ0n) is 14.9. The van der Waals surface area contributed by atoms with E-state index in [2.05, 4.69) is 4.72 Å². The van der Waals surface area contributed by atoms with E-state index in [0.717, 1.165) is 0 Å². The molecule has 2 aromatic rings. The fourth-order valence-corrected chi connectivity index (χ4v) is 5.87. The number of nitrogens with one attached hydrogen (secondary N) is 1. The van der Waals surface area contributed by atoms with E-state index in [1.807, 2.05) is 0 Å². The number of hydrogen-bond acceptors (Lipinski definition) is 4. The molecule has 1 aliphatic rings. The summed E-state index contributed by atoms with van der Waals surface area (Å²) < 4.78 is 54.1. The minimum absolute atomic E-state index is 0.0683. The van der Waals surface area contributed by atoms with Crippen LogP contribution in [0.5, 0.6) is 0 Å². The Labute approximate surface area is 175 Å². The molecule has 0 saturated carbocycles. The van der Waals surface area contributed by atoms with Gasteiger partial charge in [-0.3, -0.25) is 0 Å². The van der Waals surface area contributed by atoms with Gasteiger partial charge in [-0.25, -0.2) is 21.6 Å². The van der Waals surface area contributed by atoms with Gasteiger partial charge in [-0.1, -0.05) is 23.2 Å². The van der Waals surface area contributed by atoms with Crippen molar-refractivity contribution >= 4 is 43.2 Å². The number of halogens is 2. The molecule has 6 nitrogen and oxygen atoms in total. The minimum atomic E-state index is -3.62. The molecule has 2 aromatic carbocycles. The maximum Gasteiger partial charge on any atom is 0.243 e. The van der Waals surface area contributed by atoms with Gasteiger partial charge in [-0.2, -0.15) is 4.31 Å². The van der Waals surface area contributed by atoms with Gasteiger partial charge in [0.05, 0.1) is 9.79 Å². The molecular weight excluding hydrogens is 443 g/mol. The van der Waals surface area contributed by atoms with Crippen LogP contribution in [0.1, 0.15) is 12.8 Å². The van der Waals surface area contributed by atoms with Gasteiger partial charge in [-0.05, 0) is 67.3 Å². The zero-order valence-corrected chi connectivity index (χ0v) is 18.0. The van der Waals surface area contributed by atoms with Gasteiger partial charge in [0.15, 0.2) is 0 Å². The Balaban J connectivity index is 1.57. The molecule has 0 aliphatic carbocycles. The van der Waals surface area contributed by atoms with Gasteiger partial charge in [0.2, 0.25) is 20.0 Å². The predicted molar refractivity (Wildman–Crippen MR) is 110 cm³/mol. The second-order valence-electron chi connectivity index (χ2n) is 6.61. The maximum atomic E-state index is 12.7. The lowest BCUT2D eigenvalue weighted by molar-refractivity contribution is 0.274. The Kier molecular flexibility index (Phi) is 6.69. The van der Waals surface area contributed by atoms with Crippen molar-refractivity contribution in [3.8, 4) is 0 Å². The van der Waals surface area contributed by atoms with Gasteiger partial charge >= 0.3 is 0 Å². The molecule has 1 saturated heterocycles. The summed E-state index contributed by atoms with van der Waals surface area (Å²) in [6.07, 6.45) is 1.16. The van der Waals surface area contributed by atoms with Crippen molar-refractivity contribution in [1.82, 2.24) is 9.03 Å². The fraction of sp³-hybridized carbons (Fsp3) is 0.333. The first kappa shape index (κ1) is 21.5. The molecule has 152 valence electrons. The van der Waals surface area contributed by atoms with Crippen molar-refractivity contribution in [2.24, 2.45) is 5.92 Å². The molecule has 1 N–H and O–H groups in total. The van der Waals surface area contributed by atoms with Crippen molar-refractivity contribution in [2.45, 2.75) is 22.6 Å². The normalized spacial score (nSPS) is 16.9. The highest BCUT2D eigenvalue weighted by Gasteiger charge is 2.30. The zero-order chi connectivity index (χ0) is 20.4. The van der Waals surface area contributed by atoms with E-state index in [9.17, 15) is 16.8 Å². The Morgan fingerprint density at radius 2 is 1.29 bits per heavy atom. The van der Waals surface area contributed by atoms with Crippen LogP contribution in [0.4, 0.5) is 0 Å². The molecule has 0 radical (unpaired) electrons. The monoisotopic (exact) mass is 462 g/mol. The molecule has 28 heavy (non-hydrogen) atoms. The third-order valence-corrected chi connectivity index (χ3v) is 8.57. The summed E-state index contributed by atoms with van der Waals surface area (Å²) in [6, 6.07) is 12.0. The lowest BCUT2D eigenvalue weighted by Crippen LogP contribution is -2.41. The van der Waals surface area contributed by atoms with Crippen LogP contribution in [0, 0.1) is 5.92 Å². The average Bonchev–Trinajstić information content (AvgIpc) is 2.67. The van der Waals surface area contributed by atoms with Crippen LogP contribution < -0.4 is 4.72 Å². The van der Waals surface area contributed by atoms with Crippen LogP contribution in [0.2, 0.25) is 10.0 Å². The van der Waals surface area contributed by atoms with Crippen LogP contribution in [-0.2, 0) is 20.0 Å². The number of sulfonamides is 2. The second kappa shape index (κ2) is 8.69. The molecule has 0 amide bonds. The van der Waals surface area contributed by atoms with Crippen molar-refractivity contribution in [3.63, 3.8) is 0 Å². The van der Waals surface area contributed by atoms with Crippen molar-refractivity contribution < 1.29 is 16.8 Å². The van der Waals surface area contributed by atoms with Gasteiger partial charge in [0.25, 0.3) is 0 Å². The number of nitrogens with zero attached hydrogens (tertiary/aromatic N) is 1. The third kappa shape index (κ3) is 5.06. The number of hydrogen-bond donors (Lipinski definition) is 1. The van der Waals surface area contributed by atoms with Crippen molar-refractivity contribution in [2.75, 3.05) is 19.6 Å². The molecular formula is C18H20Cl2N2O4S2. The quantitative estimate of drug-likeness (QED) is 0.712. The van der Waals surface area contributed by atoms with E-state index in [-0.39, 0.29) is 22.3 Å². The van der Waals surface area contributed by atoms with Gasteiger partial charge < -0.3 is 0 Å². The largest absolute Gasteiger partial charge is 0.243 e. The molecule has 1 aliphatic heterocycles. The lowest BCUT2D eigenvalue weighted by Gasteiger charge is -2.31. The van der Waals surface area contributed by atoms with Gasteiger partial charge in [0.1, 0.15) is 0 Å². The van der Waals surface area contributed by atoms with E-state index >= 15 is 0 Å². The first-order chi connectivity index (χ1) is 13.2. The molecule has 3 rings (SSSR count). The first-order valence-corrected chi connectivity index (χ1v) is 12.4. The highest BCUT2D eigenvalue weighted by Crippen LogP contribution is 2.25. The topological polar surface area (TPSA) is 83.6 Å². The summed E-state index contributed by atoms with van der Waals surface area (Å²) in [5, 5.41) is 0.943. The summed E-state index contributed by atoms with van der Waals surface area (Å²) in [5.41, 5.74) is 0. The highest BCUT2D eigenvalue weighted by atomic mass is 35.5. The fourth-order valence-electron chi connectivity index (χ4n) is 3.03. The molecule has 0 bridgehead atoms. The van der Waals surface area contributed by atoms with E-state index in [1.54, 1.807) is 12.1 Å². The molecule has 0 aromatic heterocycles. The molecule has 1 fully saturated rings. The van der Waals surface area contributed by atoms with Crippen molar-refractivity contribution in [3.05, 3.63) is 58.6 Å². The number of benzene rings is 2. The standard InChI is InChI=1S/C18H20Cl2N2O4S2/c19-15-1-5-17(6-2-15)27(23,24)21-13-14-9-11-22(12-10-14)28(25,26)18-7-3-16(20)4-8-18/h1-8,14,21H,9-13H2. The van der Waals surface area contributed by atoms with E-state index < -0.39 is 20.0 Å². The van der Waals surface area contributed by atoms with Crippen molar-refractivity contribution in [1.29, 1.82) is 0 Å². The average molecular weight is 463 g/mol. The smallest absolute Gasteiger partial charge is 0.211 e. The van der Waals surface area contributed by atoms with Crippen LogP contribution in [0.25, 0.3) is 0 Å². The van der Waals surface area contributed by atoms with E-state index in [0.29, 0.717) is 36.0 Å². The summed E-state index contributed by atoms with van der Waals surface area (Å²) in [4.78, 5) is 0.360. The lowest BCUT2D eigenvalue weighted by atomic mass is 9.99. The van der Waals surface area contributed by atoms with Crippen LogP contribution in [0.15, 0.2) is 58.3 Å². The number of piperidine rings is 1. The summed E-state index contributed by atoms with van der Waals surface area (Å²) >= 11 is 11.6. The molecule has 1 heterocycles. The third-order valence-electron chi connectivity index (χ3n) is 4.71. The predicted octanol–water partition coefficient (Wildman–Crippen LogP) is 3.37. The van der Waals surface area contributed by atoms with Crippen LogP contribution >= 0.6 is 23.2 Å². The van der Waals surface area contributed by atoms with E-state index in [4.69, 9.17) is 23.2 Å². The Morgan fingerprint density at radius 1 is 0.821 bits per heavy atom. The first-order valence-electron chi connectivity index (χ1n) is 8.69. The summed E-state index contributed by atoms with van der Waals surface area (Å²) in [5.74, 6) is 0.0683. The van der Waals surface area contributed by atoms with Gasteiger partial charge in [-0.15, -0.1) is 0 Å². The SMILES string of the molecule is O=S(=O)(NCC1CCN(S(=O)(=O)c2ccc(Cl)cc2)CC1)c1ccc(Cl)cc1. The van der Waals surface area contributed by atoms with E-state index in [1.165, 1.54) is 40.7 Å². The molecule has 0 unspecified atom stereocenters. The molecule has 0 atom stereocenters. The summed E-state index contributed by atoms with van der Waals surface area (Å²) in [6.45, 7) is 0.955. The van der Waals surface area contributed by atoms with Crippen LogP contribution in [0.3, 0.4) is 0 Å².